The molecule has 68 valence electrons. The van der Waals surface area contributed by atoms with Crippen LogP contribution < -0.4 is 0 Å². The maximum atomic E-state index is 5.18. The van der Waals surface area contributed by atoms with Gasteiger partial charge in [-0.2, -0.15) is 0 Å². The first kappa shape index (κ1) is 9.74. The number of ether oxygens (including phenoxy) is 1. The van der Waals surface area contributed by atoms with E-state index in [1.165, 1.54) is 5.57 Å². The Balaban J connectivity index is 2.82. The molecule has 12 heavy (non-hydrogen) atoms. The van der Waals surface area contributed by atoms with Gasteiger partial charge in [-0.05, 0) is 12.0 Å². The molecule has 0 fully saturated rings. The fourth-order valence-electron chi connectivity index (χ4n) is 1.64. The topological polar surface area (TPSA) is 9.23 Å². The summed E-state index contributed by atoms with van der Waals surface area (Å²) in [5.41, 5.74) is 1.50. The second kappa shape index (κ2) is 3.58. The van der Waals surface area contributed by atoms with Crippen molar-refractivity contribution in [3.63, 3.8) is 0 Å². The lowest BCUT2D eigenvalue weighted by Crippen LogP contribution is -2.24. The smallest absolute Gasteiger partial charge is 0.0776 e. The predicted octanol–water partition coefficient (Wildman–Crippen LogP) is 2.77. The van der Waals surface area contributed by atoms with E-state index < -0.39 is 8.07 Å². The van der Waals surface area contributed by atoms with E-state index in [2.05, 4.69) is 31.8 Å². The van der Waals surface area contributed by atoms with Crippen LogP contribution in [0, 0.1) is 0 Å². The molecule has 0 aromatic carbocycles. The molecule has 0 saturated carbocycles. The molecular formula is C10H18OSi. The Morgan fingerprint density at radius 2 is 2.08 bits per heavy atom. The van der Waals surface area contributed by atoms with Gasteiger partial charge in [-0.1, -0.05) is 37.0 Å². The van der Waals surface area contributed by atoms with Gasteiger partial charge < -0.3 is 4.74 Å². The van der Waals surface area contributed by atoms with E-state index in [4.69, 9.17) is 4.74 Å². The summed E-state index contributed by atoms with van der Waals surface area (Å²) in [6.45, 7) is 7.96. The third-order valence-electron chi connectivity index (χ3n) is 2.16. The summed E-state index contributed by atoms with van der Waals surface area (Å²) >= 11 is 0. The van der Waals surface area contributed by atoms with Gasteiger partial charge in [0.1, 0.15) is 0 Å². The fourth-order valence-corrected chi connectivity index (χ4v) is 3.49. The van der Waals surface area contributed by atoms with E-state index in [0.717, 1.165) is 13.0 Å². The predicted molar refractivity (Wildman–Crippen MR) is 56.0 cm³/mol. The Morgan fingerprint density at radius 3 is 2.58 bits per heavy atom. The molecule has 2 heteroatoms. The Bertz CT molecular complexity index is 220. The zero-order valence-electron chi connectivity index (χ0n) is 8.48. The van der Waals surface area contributed by atoms with Crippen molar-refractivity contribution >= 4 is 8.07 Å². The molecule has 1 rings (SSSR count). The average molecular weight is 182 g/mol. The third-order valence-corrected chi connectivity index (χ3v) is 4.29. The van der Waals surface area contributed by atoms with Crippen LogP contribution in [0.2, 0.25) is 19.6 Å². The van der Waals surface area contributed by atoms with Gasteiger partial charge in [-0.25, -0.2) is 0 Å². The molecule has 0 bridgehead atoms. The molecule has 0 amide bonds. The van der Waals surface area contributed by atoms with Crippen LogP contribution in [0.15, 0.2) is 22.9 Å². The van der Waals surface area contributed by atoms with Crippen molar-refractivity contribution in [3.8, 4) is 0 Å². The standard InChI is InChI=1S/C10H18OSi/c1-11-8-9-6-5-7-10(9)12(2,3)4/h5,7H,6,8H2,1-4H3. The molecule has 0 atom stereocenters. The molecule has 1 aliphatic rings. The maximum absolute atomic E-state index is 5.18. The number of hydrogen-bond acceptors (Lipinski definition) is 1. The van der Waals surface area contributed by atoms with Gasteiger partial charge in [0.25, 0.3) is 0 Å². The summed E-state index contributed by atoms with van der Waals surface area (Å²) in [6.07, 6.45) is 5.65. The average Bonchev–Trinajstić information content (AvgIpc) is 2.34. The van der Waals surface area contributed by atoms with Crippen LogP contribution in [0.3, 0.4) is 0 Å². The van der Waals surface area contributed by atoms with Crippen LogP contribution in [0.25, 0.3) is 0 Å². The molecule has 0 radical (unpaired) electrons. The van der Waals surface area contributed by atoms with Gasteiger partial charge >= 0.3 is 0 Å². The van der Waals surface area contributed by atoms with Crippen LogP contribution in [-0.4, -0.2) is 21.8 Å². The highest BCUT2D eigenvalue weighted by atomic mass is 28.3. The lowest BCUT2D eigenvalue weighted by molar-refractivity contribution is 0.224. The summed E-state index contributed by atoms with van der Waals surface area (Å²) in [5.74, 6) is 0. The van der Waals surface area contributed by atoms with Gasteiger partial charge in [0.2, 0.25) is 0 Å². The van der Waals surface area contributed by atoms with Crippen molar-refractivity contribution in [1.82, 2.24) is 0 Å². The van der Waals surface area contributed by atoms with E-state index in [-0.39, 0.29) is 0 Å². The first-order valence-corrected chi connectivity index (χ1v) is 7.93. The number of allylic oxidation sites excluding steroid dienone is 3. The minimum Gasteiger partial charge on any atom is -0.380 e. The summed E-state index contributed by atoms with van der Waals surface area (Å²) < 4.78 is 5.18. The highest BCUT2D eigenvalue weighted by molar-refractivity contribution is 6.83. The largest absolute Gasteiger partial charge is 0.380 e. The van der Waals surface area contributed by atoms with Crippen molar-refractivity contribution in [2.24, 2.45) is 0 Å². The van der Waals surface area contributed by atoms with Crippen molar-refractivity contribution < 1.29 is 4.74 Å². The Kier molecular flexibility index (Phi) is 2.91. The second-order valence-electron chi connectivity index (χ2n) is 4.31. The molecule has 1 aliphatic carbocycles. The van der Waals surface area contributed by atoms with E-state index in [1.807, 2.05) is 0 Å². The SMILES string of the molecule is COCC1=C([Si](C)(C)C)C=CC1. The molecule has 0 heterocycles. The van der Waals surface area contributed by atoms with Crippen molar-refractivity contribution in [1.29, 1.82) is 0 Å². The monoisotopic (exact) mass is 182 g/mol. The zero-order valence-corrected chi connectivity index (χ0v) is 9.48. The highest BCUT2D eigenvalue weighted by Crippen LogP contribution is 2.27. The van der Waals surface area contributed by atoms with Gasteiger partial charge in [-0.15, -0.1) is 0 Å². The Labute approximate surface area is 76.1 Å². The Hall–Kier alpha value is -0.343. The summed E-state index contributed by atoms with van der Waals surface area (Å²) in [6, 6.07) is 0. The lowest BCUT2D eigenvalue weighted by Gasteiger charge is -2.19. The van der Waals surface area contributed by atoms with E-state index >= 15 is 0 Å². The zero-order chi connectivity index (χ0) is 9.19. The molecule has 0 saturated heterocycles. The molecule has 0 N–H and O–H groups in total. The van der Waals surface area contributed by atoms with Crippen LogP contribution in [0.4, 0.5) is 0 Å². The number of rotatable bonds is 3. The number of hydrogen-bond donors (Lipinski definition) is 0. The van der Waals surface area contributed by atoms with Crippen molar-refractivity contribution in [2.75, 3.05) is 13.7 Å². The van der Waals surface area contributed by atoms with Crippen LogP contribution >= 0.6 is 0 Å². The van der Waals surface area contributed by atoms with Gasteiger partial charge in [-0.3, -0.25) is 0 Å². The van der Waals surface area contributed by atoms with Crippen molar-refractivity contribution in [3.05, 3.63) is 22.9 Å². The molecule has 0 aromatic rings. The van der Waals surface area contributed by atoms with Gasteiger partial charge in [0.15, 0.2) is 0 Å². The van der Waals surface area contributed by atoms with E-state index in [9.17, 15) is 0 Å². The van der Waals surface area contributed by atoms with Gasteiger partial charge in [0.05, 0.1) is 14.7 Å². The van der Waals surface area contributed by atoms with Crippen LogP contribution in [0.5, 0.6) is 0 Å². The van der Waals surface area contributed by atoms with Crippen LogP contribution in [-0.2, 0) is 4.74 Å². The summed E-state index contributed by atoms with van der Waals surface area (Å²) in [5, 5.41) is 1.59. The number of methoxy groups -OCH3 is 1. The van der Waals surface area contributed by atoms with Crippen LogP contribution in [0.1, 0.15) is 6.42 Å². The van der Waals surface area contributed by atoms with E-state index in [0.29, 0.717) is 0 Å². The quantitative estimate of drug-likeness (QED) is 0.610. The Morgan fingerprint density at radius 1 is 1.42 bits per heavy atom. The molecule has 0 spiro atoms. The molecule has 0 aliphatic heterocycles. The highest BCUT2D eigenvalue weighted by Gasteiger charge is 2.22. The molecular weight excluding hydrogens is 164 g/mol. The third kappa shape index (κ3) is 2.08. The molecule has 0 aromatic heterocycles. The summed E-state index contributed by atoms with van der Waals surface area (Å²) in [4.78, 5) is 0. The minimum absolute atomic E-state index is 0.812. The maximum Gasteiger partial charge on any atom is 0.0776 e. The van der Waals surface area contributed by atoms with Gasteiger partial charge in [0, 0.05) is 7.11 Å². The fraction of sp³-hybridized carbons (Fsp3) is 0.600. The first-order chi connectivity index (χ1) is 5.55. The summed E-state index contributed by atoms with van der Waals surface area (Å²) in [7, 11) is 0.659. The van der Waals surface area contributed by atoms with E-state index in [1.54, 1.807) is 12.3 Å². The molecule has 1 nitrogen and oxygen atoms in total. The second-order valence-corrected chi connectivity index (χ2v) is 9.35. The first-order valence-electron chi connectivity index (χ1n) is 4.43. The molecule has 0 unspecified atom stereocenters. The lowest BCUT2D eigenvalue weighted by atomic mass is 10.2. The normalized spacial score (nSPS) is 17.7. The minimum atomic E-state index is -1.11. The van der Waals surface area contributed by atoms with Crippen molar-refractivity contribution in [2.45, 2.75) is 26.1 Å².